The lowest BCUT2D eigenvalue weighted by atomic mass is 9.84. The molecule has 0 aromatic heterocycles. The average Bonchev–Trinajstić information content (AvgIpc) is 2.53. The van der Waals surface area contributed by atoms with Gasteiger partial charge in [0.1, 0.15) is 11.3 Å². The number of ether oxygens (including phenoxy) is 1. The second-order valence-electron chi connectivity index (χ2n) is 6.12. The summed E-state index contributed by atoms with van der Waals surface area (Å²) in [6.07, 6.45) is 6.12. The molecule has 1 aromatic carbocycles. The van der Waals surface area contributed by atoms with Crippen LogP contribution in [0, 0.1) is 5.92 Å². The topological polar surface area (TPSA) is 49.8 Å². The fourth-order valence-corrected chi connectivity index (χ4v) is 3.68. The molecule has 2 atom stereocenters. The molecular formula is C17H23NO3. The van der Waals surface area contributed by atoms with Gasteiger partial charge in [0, 0.05) is 12.0 Å². The van der Waals surface area contributed by atoms with Gasteiger partial charge in [-0.1, -0.05) is 18.6 Å². The zero-order valence-corrected chi connectivity index (χ0v) is 12.3. The number of hydrogen-bond donors (Lipinski definition) is 1. The van der Waals surface area contributed by atoms with Crippen LogP contribution < -0.4 is 0 Å². The third kappa shape index (κ3) is 3.21. The van der Waals surface area contributed by atoms with E-state index in [4.69, 9.17) is 4.74 Å². The van der Waals surface area contributed by atoms with Gasteiger partial charge in [-0.3, -0.25) is 4.90 Å². The molecule has 21 heavy (non-hydrogen) atoms. The number of carbonyl (C=O) groups excluding carboxylic acids is 1. The number of benzene rings is 1. The second-order valence-corrected chi connectivity index (χ2v) is 6.12. The standard InChI is InChI=1S/C17H23NO3/c19-16-9-2-1-7-14(16)17(20)21-12-13-6-5-11-18-10-4-3-8-15(13)18/h1-2,7,9,13,15,19H,3-6,8,10-12H2/t13-,15+/m0/s1. The highest BCUT2D eigenvalue weighted by Gasteiger charge is 2.33. The Kier molecular flexibility index (Phi) is 4.44. The van der Waals surface area contributed by atoms with Gasteiger partial charge in [0.2, 0.25) is 0 Å². The molecular weight excluding hydrogens is 266 g/mol. The summed E-state index contributed by atoms with van der Waals surface area (Å²) in [5.41, 5.74) is 0.258. The molecule has 0 saturated carbocycles. The number of piperidine rings is 2. The highest BCUT2D eigenvalue weighted by molar-refractivity contribution is 5.92. The van der Waals surface area contributed by atoms with E-state index >= 15 is 0 Å². The van der Waals surface area contributed by atoms with Gasteiger partial charge in [-0.25, -0.2) is 4.79 Å². The van der Waals surface area contributed by atoms with Crippen molar-refractivity contribution in [3.8, 4) is 5.75 Å². The van der Waals surface area contributed by atoms with Crippen LogP contribution in [0.5, 0.6) is 5.75 Å². The van der Waals surface area contributed by atoms with E-state index in [1.54, 1.807) is 18.2 Å². The average molecular weight is 289 g/mol. The number of fused-ring (bicyclic) bond motifs is 1. The van der Waals surface area contributed by atoms with E-state index in [1.165, 1.54) is 44.8 Å². The van der Waals surface area contributed by atoms with Crippen molar-refractivity contribution in [1.82, 2.24) is 4.90 Å². The summed E-state index contributed by atoms with van der Waals surface area (Å²) in [7, 11) is 0. The first kappa shape index (κ1) is 14.4. The highest BCUT2D eigenvalue weighted by atomic mass is 16.5. The van der Waals surface area contributed by atoms with Crippen LogP contribution >= 0.6 is 0 Å². The van der Waals surface area contributed by atoms with E-state index < -0.39 is 5.97 Å². The van der Waals surface area contributed by atoms with E-state index in [0.29, 0.717) is 18.6 Å². The molecule has 2 aliphatic heterocycles. The van der Waals surface area contributed by atoms with Crippen molar-refractivity contribution in [2.75, 3.05) is 19.7 Å². The summed E-state index contributed by atoms with van der Waals surface area (Å²) in [6.45, 7) is 2.84. The largest absolute Gasteiger partial charge is 0.507 e. The van der Waals surface area contributed by atoms with Crippen LogP contribution in [0.25, 0.3) is 0 Å². The van der Waals surface area contributed by atoms with E-state index in [-0.39, 0.29) is 11.3 Å². The molecule has 3 rings (SSSR count). The van der Waals surface area contributed by atoms with Crippen molar-refractivity contribution in [3.05, 3.63) is 29.8 Å². The number of aromatic hydroxyl groups is 1. The summed E-state index contributed by atoms with van der Waals surface area (Å²) < 4.78 is 5.47. The minimum Gasteiger partial charge on any atom is -0.507 e. The maximum absolute atomic E-state index is 12.1. The first-order valence-corrected chi connectivity index (χ1v) is 7.95. The molecule has 114 valence electrons. The van der Waals surface area contributed by atoms with Crippen molar-refractivity contribution in [3.63, 3.8) is 0 Å². The second kappa shape index (κ2) is 6.48. The van der Waals surface area contributed by atoms with Crippen LogP contribution in [0.1, 0.15) is 42.5 Å². The molecule has 0 aliphatic carbocycles. The molecule has 1 N–H and O–H groups in total. The normalized spacial score (nSPS) is 26.1. The van der Waals surface area contributed by atoms with Crippen molar-refractivity contribution in [2.24, 2.45) is 5.92 Å². The first-order chi connectivity index (χ1) is 10.3. The van der Waals surface area contributed by atoms with Gasteiger partial charge in [-0.05, 0) is 50.9 Å². The zero-order valence-electron chi connectivity index (χ0n) is 12.3. The molecule has 0 unspecified atom stereocenters. The number of rotatable bonds is 3. The fraction of sp³-hybridized carbons (Fsp3) is 0.588. The third-order valence-electron chi connectivity index (χ3n) is 4.78. The molecule has 0 radical (unpaired) electrons. The van der Waals surface area contributed by atoms with Crippen LogP contribution in [0.4, 0.5) is 0 Å². The highest BCUT2D eigenvalue weighted by Crippen LogP contribution is 2.31. The van der Waals surface area contributed by atoms with Crippen molar-refractivity contribution < 1.29 is 14.6 Å². The number of hydrogen-bond acceptors (Lipinski definition) is 4. The van der Waals surface area contributed by atoms with E-state index in [9.17, 15) is 9.90 Å². The number of esters is 1. The van der Waals surface area contributed by atoms with Gasteiger partial charge in [-0.2, -0.15) is 0 Å². The van der Waals surface area contributed by atoms with Gasteiger partial charge in [0.25, 0.3) is 0 Å². The molecule has 2 fully saturated rings. The summed E-state index contributed by atoms with van der Waals surface area (Å²) >= 11 is 0. The fourth-order valence-electron chi connectivity index (χ4n) is 3.68. The molecule has 0 bridgehead atoms. The predicted molar refractivity (Wildman–Crippen MR) is 80.3 cm³/mol. The van der Waals surface area contributed by atoms with Crippen LogP contribution in [0.3, 0.4) is 0 Å². The van der Waals surface area contributed by atoms with Gasteiger partial charge < -0.3 is 9.84 Å². The Morgan fingerprint density at radius 3 is 2.86 bits per heavy atom. The monoisotopic (exact) mass is 289 g/mol. The van der Waals surface area contributed by atoms with Crippen molar-refractivity contribution >= 4 is 5.97 Å². The zero-order chi connectivity index (χ0) is 14.7. The van der Waals surface area contributed by atoms with E-state index in [0.717, 1.165) is 6.42 Å². The lowest BCUT2D eigenvalue weighted by Gasteiger charge is -2.44. The van der Waals surface area contributed by atoms with Gasteiger partial charge in [0.05, 0.1) is 6.61 Å². The molecule has 2 heterocycles. The Hall–Kier alpha value is -1.55. The molecule has 4 heteroatoms. The molecule has 2 aliphatic rings. The minimum atomic E-state index is -0.416. The smallest absolute Gasteiger partial charge is 0.341 e. The number of carbonyl (C=O) groups is 1. The van der Waals surface area contributed by atoms with Gasteiger partial charge >= 0.3 is 5.97 Å². The Labute approximate surface area is 125 Å². The summed E-state index contributed by atoms with van der Waals surface area (Å²) in [6, 6.07) is 7.13. The number of phenolic OH excluding ortho intramolecular Hbond substituents is 1. The third-order valence-corrected chi connectivity index (χ3v) is 4.78. The molecule has 0 amide bonds. The Morgan fingerprint density at radius 1 is 1.19 bits per heavy atom. The summed E-state index contributed by atoms with van der Waals surface area (Å²) in [5, 5.41) is 9.70. The predicted octanol–water partition coefficient (Wildman–Crippen LogP) is 2.81. The van der Waals surface area contributed by atoms with E-state index in [2.05, 4.69) is 4.90 Å². The van der Waals surface area contributed by atoms with Crippen LogP contribution in [0.15, 0.2) is 24.3 Å². The van der Waals surface area contributed by atoms with Gasteiger partial charge in [-0.15, -0.1) is 0 Å². The Balaban J connectivity index is 1.59. The van der Waals surface area contributed by atoms with Crippen molar-refractivity contribution in [1.29, 1.82) is 0 Å². The maximum Gasteiger partial charge on any atom is 0.341 e. The Bertz CT molecular complexity index is 501. The molecule has 0 spiro atoms. The minimum absolute atomic E-state index is 0.00885. The summed E-state index contributed by atoms with van der Waals surface area (Å²) in [5.74, 6) is 0.0142. The quantitative estimate of drug-likeness (QED) is 0.869. The lowest BCUT2D eigenvalue weighted by molar-refractivity contribution is 0.00723. The van der Waals surface area contributed by atoms with Crippen molar-refractivity contribution in [2.45, 2.75) is 38.1 Å². The molecule has 4 nitrogen and oxygen atoms in total. The lowest BCUT2D eigenvalue weighted by Crippen LogP contribution is -2.49. The SMILES string of the molecule is O=C(OC[C@@H]1CCCN2CCCC[C@H]12)c1ccccc1O. The number of para-hydroxylation sites is 1. The van der Waals surface area contributed by atoms with Crippen LogP contribution in [-0.4, -0.2) is 41.7 Å². The number of nitrogens with zero attached hydrogens (tertiary/aromatic N) is 1. The van der Waals surface area contributed by atoms with Crippen LogP contribution in [0.2, 0.25) is 0 Å². The summed E-state index contributed by atoms with van der Waals surface area (Å²) in [4.78, 5) is 14.6. The van der Waals surface area contributed by atoms with Gasteiger partial charge in [0.15, 0.2) is 0 Å². The molecule has 1 aromatic rings. The first-order valence-electron chi connectivity index (χ1n) is 7.95. The maximum atomic E-state index is 12.1. The molecule has 2 saturated heterocycles. The van der Waals surface area contributed by atoms with Crippen LogP contribution in [-0.2, 0) is 4.74 Å². The van der Waals surface area contributed by atoms with E-state index in [1.807, 2.05) is 0 Å². The number of phenols is 1. The Morgan fingerprint density at radius 2 is 2.00 bits per heavy atom.